The van der Waals surface area contributed by atoms with Gasteiger partial charge < -0.3 is 10.5 Å². The molecule has 2 N–H and O–H groups in total. The highest BCUT2D eigenvalue weighted by Crippen LogP contribution is 2.28. The quantitative estimate of drug-likeness (QED) is 0.905. The Hall–Kier alpha value is -0.900. The van der Waals surface area contributed by atoms with Gasteiger partial charge in [0.1, 0.15) is 0 Å². The van der Waals surface area contributed by atoms with Crippen LogP contribution < -0.4 is 5.73 Å². The summed E-state index contributed by atoms with van der Waals surface area (Å²) in [4.78, 5) is 2.53. The lowest BCUT2D eigenvalue weighted by molar-refractivity contribution is 0.00446. The monoisotopic (exact) mass is 290 g/mol. The minimum Gasteiger partial charge on any atom is -0.378 e. The normalized spacial score (nSPS) is 18.9. The van der Waals surface area contributed by atoms with E-state index in [0.29, 0.717) is 18.7 Å². The molecule has 21 heavy (non-hydrogen) atoms. The smallest absolute Gasteiger partial charge is 0.0599 e. The van der Waals surface area contributed by atoms with Gasteiger partial charge in [-0.15, -0.1) is 0 Å². The van der Waals surface area contributed by atoms with Crippen LogP contribution in [0.1, 0.15) is 48.1 Å². The first-order valence-corrected chi connectivity index (χ1v) is 8.20. The van der Waals surface area contributed by atoms with Gasteiger partial charge in [0.25, 0.3) is 0 Å². The Morgan fingerprint density at radius 2 is 1.76 bits per heavy atom. The number of hydrogen-bond donors (Lipinski definition) is 1. The third-order valence-electron chi connectivity index (χ3n) is 4.78. The Labute approximate surface area is 129 Å². The van der Waals surface area contributed by atoms with Gasteiger partial charge in [-0.3, -0.25) is 4.90 Å². The zero-order valence-electron chi connectivity index (χ0n) is 14.0. The molecular formula is C18H30N2O. The van der Waals surface area contributed by atoms with Gasteiger partial charge in [-0.2, -0.15) is 0 Å². The molecule has 1 atom stereocenters. The van der Waals surface area contributed by atoms with Gasteiger partial charge in [0.2, 0.25) is 0 Å². The second-order valence-corrected chi connectivity index (χ2v) is 6.24. The third-order valence-corrected chi connectivity index (χ3v) is 4.78. The zero-order chi connectivity index (χ0) is 15.4. The van der Waals surface area contributed by atoms with Crippen molar-refractivity contribution in [3.63, 3.8) is 0 Å². The topological polar surface area (TPSA) is 38.5 Å². The molecular weight excluding hydrogens is 260 g/mol. The lowest BCUT2D eigenvalue weighted by Crippen LogP contribution is -2.42. The number of piperidine rings is 1. The van der Waals surface area contributed by atoms with Gasteiger partial charge in [-0.05, 0) is 62.8 Å². The summed E-state index contributed by atoms with van der Waals surface area (Å²) in [6, 6.07) is 4.96. The first-order valence-electron chi connectivity index (χ1n) is 8.20. The van der Waals surface area contributed by atoms with Crippen molar-refractivity contribution in [3.05, 3.63) is 34.4 Å². The van der Waals surface area contributed by atoms with Gasteiger partial charge in [-0.25, -0.2) is 0 Å². The number of rotatable bonds is 5. The van der Waals surface area contributed by atoms with Crippen LogP contribution in [0, 0.1) is 20.8 Å². The van der Waals surface area contributed by atoms with E-state index in [-0.39, 0.29) is 0 Å². The molecule has 1 aromatic rings. The first kappa shape index (κ1) is 16.5. The van der Waals surface area contributed by atoms with Crippen molar-refractivity contribution in [2.45, 2.75) is 52.7 Å². The lowest BCUT2D eigenvalue weighted by Gasteiger charge is -2.38. The Kier molecular flexibility index (Phi) is 5.80. The predicted molar refractivity (Wildman–Crippen MR) is 88.7 cm³/mol. The van der Waals surface area contributed by atoms with Crippen LogP contribution in [0.4, 0.5) is 0 Å². The van der Waals surface area contributed by atoms with Gasteiger partial charge in [0.15, 0.2) is 0 Å². The number of nitrogens with two attached hydrogens (primary N) is 1. The molecule has 1 fully saturated rings. The van der Waals surface area contributed by atoms with Gasteiger partial charge in [0.05, 0.1) is 6.10 Å². The lowest BCUT2D eigenvalue weighted by atomic mass is 9.93. The molecule has 0 saturated carbocycles. The molecule has 3 heteroatoms. The van der Waals surface area contributed by atoms with Crippen LogP contribution in [0.5, 0.6) is 0 Å². The fraction of sp³-hybridized carbons (Fsp3) is 0.667. The highest BCUT2D eigenvalue weighted by atomic mass is 16.5. The van der Waals surface area contributed by atoms with Crippen LogP contribution in [0.25, 0.3) is 0 Å². The molecule has 3 nitrogen and oxygen atoms in total. The van der Waals surface area contributed by atoms with E-state index in [1.165, 1.54) is 22.3 Å². The predicted octanol–water partition coefficient (Wildman–Crippen LogP) is 3.11. The molecule has 1 aliphatic heterocycles. The molecule has 1 heterocycles. The Morgan fingerprint density at radius 3 is 2.33 bits per heavy atom. The van der Waals surface area contributed by atoms with Crippen LogP contribution in [-0.2, 0) is 4.74 Å². The number of likely N-dealkylation sites (tertiary alicyclic amines) is 1. The standard InChI is InChI=1S/C18H30N2O/c1-5-21-16-6-8-20(9-7-16)18(12-19)17-11-14(3)13(2)10-15(17)4/h10-11,16,18H,5-9,12,19H2,1-4H3. The summed E-state index contributed by atoms with van der Waals surface area (Å²) < 4.78 is 5.75. The molecule has 0 aromatic heterocycles. The highest BCUT2D eigenvalue weighted by molar-refractivity contribution is 5.38. The maximum Gasteiger partial charge on any atom is 0.0599 e. The summed E-state index contributed by atoms with van der Waals surface area (Å²) in [7, 11) is 0. The van der Waals surface area contributed by atoms with Gasteiger partial charge >= 0.3 is 0 Å². The van der Waals surface area contributed by atoms with Crippen LogP contribution in [0.15, 0.2) is 12.1 Å². The highest BCUT2D eigenvalue weighted by Gasteiger charge is 2.26. The Morgan fingerprint density at radius 1 is 1.14 bits per heavy atom. The second kappa shape index (κ2) is 7.39. The van der Waals surface area contributed by atoms with E-state index in [1.54, 1.807) is 0 Å². The summed E-state index contributed by atoms with van der Waals surface area (Å²) in [6.45, 7) is 12.3. The molecule has 1 aromatic carbocycles. The number of benzene rings is 1. The fourth-order valence-corrected chi connectivity index (χ4v) is 3.40. The van der Waals surface area contributed by atoms with Crippen molar-refractivity contribution in [2.75, 3.05) is 26.2 Å². The van der Waals surface area contributed by atoms with Gasteiger partial charge in [-0.1, -0.05) is 12.1 Å². The van der Waals surface area contributed by atoms with Crippen LogP contribution in [-0.4, -0.2) is 37.2 Å². The van der Waals surface area contributed by atoms with Crippen molar-refractivity contribution in [2.24, 2.45) is 5.73 Å². The first-order chi connectivity index (χ1) is 10.1. The van der Waals surface area contributed by atoms with Crippen molar-refractivity contribution in [1.29, 1.82) is 0 Å². The van der Waals surface area contributed by atoms with E-state index in [2.05, 4.69) is 44.7 Å². The number of ether oxygens (including phenoxy) is 1. The summed E-state index contributed by atoms with van der Waals surface area (Å²) in [5.74, 6) is 0. The largest absolute Gasteiger partial charge is 0.378 e. The maximum atomic E-state index is 6.11. The molecule has 0 amide bonds. The van der Waals surface area contributed by atoms with E-state index in [1.807, 2.05) is 0 Å². The molecule has 0 radical (unpaired) electrons. The third kappa shape index (κ3) is 3.85. The SMILES string of the molecule is CCOC1CCN(C(CN)c2cc(C)c(C)cc2C)CC1. The van der Waals surface area contributed by atoms with Gasteiger partial charge in [0, 0.05) is 32.3 Å². The molecule has 0 bridgehead atoms. The summed E-state index contributed by atoms with van der Waals surface area (Å²) in [5.41, 5.74) is 11.6. The number of hydrogen-bond acceptors (Lipinski definition) is 3. The molecule has 0 spiro atoms. The Bertz CT molecular complexity index is 465. The van der Waals surface area contributed by atoms with Crippen molar-refractivity contribution in [3.8, 4) is 0 Å². The maximum absolute atomic E-state index is 6.11. The van der Waals surface area contributed by atoms with Crippen LogP contribution in [0.2, 0.25) is 0 Å². The number of nitrogens with zero attached hydrogens (tertiary/aromatic N) is 1. The van der Waals surface area contributed by atoms with E-state index < -0.39 is 0 Å². The minimum absolute atomic E-state index is 0.340. The zero-order valence-corrected chi connectivity index (χ0v) is 14.0. The molecule has 0 aliphatic carbocycles. The average molecular weight is 290 g/mol. The van der Waals surface area contributed by atoms with E-state index in [9.17, 15) is 0 Å². The summed E-state index contributed by atoms with van der Waals surface area (Å²) in [6.07, 6.45) is 2.67. The second-order valence-electron chi connectivity index (χ2n) is 6.24. The Balaban J connectivity index is 2.12. The average Bonchev–Trinajstić information content (AvgIpc) is 2.47. The van der Waals surface area contributed by atoms with Crippen LogP contribution in [0.3, 0.4) is 0 Å². The molecule has 2 rings (SSSR count). The van der Waals surface area contributed by atoms with Crippen molar-refractivity contribution >= 4 is 0 Å². The van der Waals surface area contributed by atoms with E-state index in [4.69, 9.17) is 10.5 Å². The minimum atomic E-state index is 0.340. The fourth-order valence-electron chi connectivity index (χ4n) is 3.40. The molecule has 1 aliphatic rings. The summed E-state index contributed by atoms with van der Waals surface area (Å²) >= 11 is 0. The van der Waals surface area contributed by atoms with Crippen LogP contribution >= 0.6 is 0 Å². The number of aryl methyl sites for hydroxylation is 3. The molecule has 1 unspecified atom stereocenters. The summed E-state index contributed by atoms with van der Waals surface area (Å²) in [5, 5.41) is 0. The molecule has 1 saturated heterocycles. The van der Waals surface area contributed by atoms with E-state index >= 15 is 0 Å². The molecule has 118 valence electrons. The van der Waals surface area contributed by atoms with Crippen molar-refractivity contribution < 1.29 is 4.74 Å². The van der Waals surface area contributed by atoms with E-state index in [0.717, 1.165) is 32.5 Å². The van der Waals surface area contributed by atoms with Crippen molar-refractivity contribution in [1.82, 2.24) is 4.90 Å².